The van der Waals surface area contributed by atoms with Crippen LogP contribution in [0.1, 0.15) is 44.7 Å². The van der Waals surface area contributed by atoms with Crippen LogP contribution >= 0.6 is 0 Å². The Bertz CT molecular complexity index is 302. The zero-order valence-electron chi connectivity index (χ0n) is 10.3. The van der Waals surface area contributed by atoms with Crippen LogP contribution in [0, 0.1) is 5.92 Å². The molecule has 0 atom stereocenters. The second-order valence-corrected chi connectivity index (χ2v) is 4.84. The third-order valence-corrected chi connectivity index (χ3v) is 3.53. The number of aryl methyl sites for hydroxylation is 1. The molecule has 3 heteroatoms. The van der Waals surface area contributed by atoms with Crippen molar-refractivity contribution < 1.29 is 0 Å². The molecule has 0 aromatic carbocycles. The van der Waals surface area contributed by atoms with Gasteiger partial charge in [-0.3, -0.25) is 0 Å². The Morgan fingerprint density at radius 3 is 3.06 bits per heavy atom. The molecule has 1 N–H and O–H groups in total. The summed E-state index contributed by atoms with van der Waals surface area (Å²) in [5.41, 5.74) is 1.33. The van der Waals surface area contributed by atoms with Gasteiger partial charge in [0.15, 0.2) is 0 Å². The summed E-state index contributed by atoms with van der Waals surface area (Å²) in [6.07, 6.45) is 10.8. The molecule has 0 saturated heterocycles. The third-order valence-electron chi connectivity index (χ3n) is 3.53. The molecule has 1 aliphatic rings. The molecule has 90 valence electrons. The van der Waals surface area contributed by atoms with E-state index in [4.69, 9.17) is 0 Å². The van der Waals surface area contributed by atoms with Crippen LogP contribution in [0.25, 0.3) is 0 Å². The quantitative estimate of drug-likeness (QED) is 0.717. The minimum absolute atomic E-state index is 0.957. The first-order valence-electron chi connectivity index (χ1n) is 6.60. The lowest BCUT2D eigenvalue weighted by Crippen LogP contribution is -2.18. The molecule has 0 amide bonds. The molecular formula is C13H23N3. The van der Waals surface area contributed by atoms with Crippen LogP contribution in [0.3, 0.4) is 0 Å². The van der Waals surface area contributed by atoms with Gasteiger partial charge in [0.1, 0.15) is 0 Å². The maximum Gasteiger partial charge on any atom is 0.0948 e. The summed E-state index contributed by atoms with van der Waals surface area (Å²) in [5.74, 6) is 0.985. The van der Waals surface area contributed by atoms with Crippen LogP contribution in [0.15, 0.2) is 12.5 Å². The summed E-state index contributed by atoms with van der Waals surface area (Å²) in [6, 6.07) is 0. The van der Waals surface area contributed by atoms with Crippen molar-refractivity contribution in [3.63, 3.8) is 0 Å². The lowest BCUT2D eigenvalue weighted by atomic mass is 9.83. The molecule has 2 rings (SSSR count). The van der Waals surface area contributed by atoms with E-state index in [0.717, 1.165) is 25.6 Å². The molecule has 0 unspecified atom stereocenters. The number of imidazole rings is 1. The Labute approximate surface area is 98.3 Å². The van der Waals surface area contributed by atoms with Crippen molar-refractivity contribution in [1.82, 2.24) is 14.9 Å². The van der Waals surface area contributed by atoms with Crippen LogP contribution < -0.4 is 5.32 Å². The molecule has 1 heterocycles. The maximum atomic E-state index is 4.25. The van der Waals surface area contributed by atoms with E-state index in [-0.39, 0.29) is 0 Å². The Morgan fingerprint density at radius 1 is 1.50 bits per heavy atom. The number of rotatable bonds is 7. The highest BCUT2D eigenvalue weighted by molar-refractivity contribution is 4.98. The van der Waals surface area contributed by atoms with E-state index in [9.17, 15) is 0 Å². The molecule has 1 saturated carbocycles. The van der Waals surface area contributed by atoms with E-state index in [1.54, 1.807) is 0 Å². The Balaban J connectivity index is 1.76. The lowest BCUT2D eigenvalue weighted by Gasteiger charge is -2.25. The van der Waals surface area contributed by atoms with Gasteiger partial charge in [-0.25, -0.2) is 4.98 Å². The molecule has 16 heavy (non-hydrogen) atoms. The molecule has 0 spiro atoms. The van der Waals surface area contributed by atoms with Gasteiger partial charge in [-0.05, 0) is 25.3 Å². The summed E-state index contributed by atoms with van der Waals surface area (Å²) >= 11 is 0. The fourth-order valence-electron chi connectivity index (χ4n) is 2.19. The van der Waals surface area contributed by atoms with E-state index in [1.807, 2.05) is 12.5 Å². The summed E-state index contributed by atoms with van der Waals surface area (Å²) in [4.78, 5) is 4.25. The molecule has 1 fully saturated rings. The molecule has 1 aromatic heterocycles. The smallest absolute Gasteiger partial charge is 0.0948 e. The van der Waals surface area contributed by atoms with Crippen LogP contribution in [-0.4, -0.2) is 16.1 Å². The largest absolute Gasteiger partial charge is 0.333 e. The summed E-state index contributed by atoms with van der Waals surface area (Å²) in [7, 11) is 0. The standard InChI is InChI=1S/C13H23N3/c1-2-7-14-9-13-10-15-11-16(13)8-6-12-4-3-5-12/h10-12,14H,2-9H2,1H3. The highest BCUT2D eigenvalue weighted by atomic mass is 15.1. The number of nitrogens with zero attached hydrogens (tertiary/aromatic N) is 2. The van der Waals surface area contributed by atoms with Crippen molar-refractivity contribution in [2.45, 2.75) is 52.1 Å². The van der Waals surface area contributed by atoms with Gasteiger partial charge < -0.3 is 9.88 Å². The minimum Gasteiger partial charge on any atom is -0.333 e. The molecule has 0 bridgehead atoms. The Hall–Kier alpha value is -0.830. The minimum atomic E-state index is 0.957. The monoisotopic (exact) mass is 221 g/mol. The summed E-state index contributed by atoms with van der Waals surface area (Å²) < 4.78 is 2.31. The van der Waals surface area contributed by atoms with E-state index in [0.29, 0.717) is 0 Å². The van der Waals surface area contributed by atoms with Gasteiger partial charge >= 0.3 is 0 Å². The predicted molar refractivity (Wildman–Crippen MR) is 66.2 cm³/mol. The van der Waals surface area contributed by atoms with Crippen molar-refractivity contribution >= 4 is 0 Å². The van der Waals surface area contributed by atoms with Gasteiger partial charge in [0, 0.05) is 19.3 Å². The predicted octanol–water partition coefficient (Wildman–Crippen LogP) is 2.57. The van der Waals surface area contributed by atoms with Crippen LogP contribution in [0.5, 0.6) is 0 Å². The number of hydrogen-bond acceptors (Lipinski definition) is 2. The first-order valence-corrected chi connectivity index (χ1v) is 6.60. The molecule has 0 radical (unpaired) electrons. The van der Waals surface area contributed by atoms with Gasteiger partial charge in [0.2, 0.25) is 0 Å². The fourth-order valence-corrected chi connectivity index (χ4v) is 2.19. The first kappa shape index (κ1) is 11.6. The second kappa shape index (κ2) is 6.04. The summed E-state index contributed by atoms with van der Waals surface area (Å²) in [6.45, 7) is 5.39. The van der Waals surface area contributed by atoms with Crippen LogP contribution in [0.4, 0.5) is 0 Å². The molecule has 1 aromatic rings. The van der Waals surface area contributed by atoms with Gasteiger partial charge in [-0.1, -0.05) is 26.2 Å². The lowest BCUT2D eigenvalue weighted by molar-refractivity contribution is 0.281. The number of hydrogen-bond donors (Lipinski definition) is 1. The highest BCUT2D eigenvalue weighted by Gasteiger charge is 2.17. The van der Waals surface area contributed by atoms with Crippen molar-refractivity contribution in [2.24, 2.45) is 5.92 Å². The Morgan fingerprint density at radius 2 is 2.38 bits per heavy atom. The first-order chi connectivity index (χ1) is 7.90. The maximum absolute atomic E-state index is 4.25. The zero-order valence-corrected chi connectivity index (χ0v) is 10.3. The number of nitrogens with one attached hydrogen (secondary N) is 1. The summed E-state index contributed by atoms with van der Waals surface area (Å²) in [5, 5.41) is 3.43. The van der Waals surface area contributed by atoms with E-state index >= 15 is 0 Å². The average molecular weight is 221 g/mol. The van der Waals surface area contributed by atoms with Gasteiger partial charge in [0.25, 0.3) is 0 Å². The molecular weight excluding hydrogens is 198 g/mol. The average Bonchev–Trinajstić information content (AvgIpc) is 2.64. The highest BCUT2D eigenvalue weighted by Crippen LogP contribution is 2.29. The fraction of sp³-hybridized carbons (Fsp3) is 0.769. The Kier molecular flexibility index (Phi) is 4.40. The van der Waals surface area contributed by atoms with E-state index in [2.05, 4.69) is 21.8 Å². The van der Waals surface area contributed by atoms with E-state index < -0.39 is 0 Å². The van der Waals surface area contributed by atoms with Gasteiger partial charge in [-0.15, -0.1) is 0 Å². The van der Waals surface area contributed by atoms with Crippen molar-refractivity contribution in [1.29, 1.82) is 0 Å². The van der Waals surface area contributed by atoms with Crippen molar-refractivity contribution in [3.8, 4) is 0 Å². The SMILES string of the molecule is CCCNCc1cncn1CCC1CCC1. The van der Waals surface area contributed by atoms with E-state index in [1.165, 1.54) is 37.8 Å². The normalized spacial score (nSPS) is 16.3. The topological polar surface area (TPSA) is 29.9 Å². The zero-order chi connectivity index (χ0) is 11.2. The molecule has 0 aliphatic heterocycles. The third kappa shape index (κ3) is 3.08. The molecule has 1 aliphatic carbocycles. The van der Waals surface area contributed by atoms with Gasteiger partial charge in [0.05, 0.1) is 12.0 Å². The van der Waals surface area contributed by atoms with Crippen LogP contribution in [0.2, 0.25) is 0 Å². The van der Waals surface area contributed by atoms with Crippen molar-refractivity contribution in [3.05, 3.63) is 18.2 Å². The van der Waals surface area contributed by atoms with Gasteiger partial charge in [-0.2, -0.15) is 0 Å². The number of aromatic nitrogens is 2. The second-order valence-electron chi connectivity index (χ2n) is 4.84. The van der Waals surface area contributed by atoms with Crippen molar-refractivity contribution in [2.75, 3.05) is 6.54 Å². The molecule has 3 nitrogen and oxygen atoms in total. The van der Waals surface area contributed by atoms with Crippen LogP contribution in [-0.2, 0) is 13.1 Å².